The molecular formula is C42H47N9O5. The van der Waals surface area contributed by atoms with Gasteiger partial charge in [-0.2, -0.15) is 0 Å². The molecule has 3 fully saturated rings. The Hall–Kier alpha value is -5.89. The van der Waals surface area contributed by atoms with E-state index in [1.807, 2.05) is 36.7 Å². The Morgan fingerprint density at radius 3 is 2.32 bits per heavy atom. The Morgan fingerprint density at radius 2 is 1.59 bits per heavy atom. The van der Waals surface area contributed by atoms with Crippen molar-refractivity contribution < 1.29 is 23.9 Å². The van der Waals surface area contributed by atoms with Gasteiger partial charge in [-0.05, 0) is 80.2 Å². The highest BCUT2D eigenvalue weighted by molar-refractivity contribution is 5.87. The molecule has 7 atom stereocenters. The average Bonchev–Trinajstić information content (AvgIpc) is 4.10. The number of ether oxygens (including phenoxy) is 2. The summed E-state index contributed by atoms with van der Waals surface area (Å²) in [5.41, 5.74) is 6.40. The number of methoxy groups -OCH3 is 2. The predicted octanol–water partition coefficient (Wildman–Crippen LogP) is 5.79. The normalized spacial score (nSPS) is 22.5. The molecule has 0 spiro atoms. The standard InChI is InChI=1S/C42H47N9O5/c1-24(55-2)37(50-42(54)56-3)41(53)51-17-5-7-34(51)38-45-23-33(48-38)30-14-15-31(44-21-30)26-8-10-27(11-9-26)32-22-46-39(49-32)35-28-12-13-29(18-28)36(35)40(52)47-20-25-6-4-16-43-19-25/h4,6,8-11,14-16,19,21-24,28-29,34-37H,5,7,12-13,17-18,20H2,1-3H3,(H,45,48)(H,46,49)(H,47,52)(H,50,54)/t24-,28?,29?,34?,35-,36-,37+/m1/s1. The smallest absolute Gasteiger partial charge is 0.407 e. The molecule has 4 aromatic heterocycles. The zero-order chi connectivity index (χ0) is 38.8. The minimum absolute atomic E-state index is 0.0799. The summed E-state index contributed by atoms with van der Waals surface area (Å²) in [6.45, 7) is 2.75. The van der Waals surface area contributed by atoms with Crippen LogP contribution in [0.2, 0.25) is 0 Å². The van der Waals surface area contributed by atoms with Gasteiger partial charge in [-0.3, -0.25) is 19.6 Å². The second kappa shape index (κ2) is 16.1. The van der Waals surface area contributed by atoms with Gasteiger partial charge in [-0.1, -0.05) is 30.3 Å². The van der Waals surface area contributed by atoms with Crippen LogP contribution in [0.3, 0.4) is 0 Å². The highest BCUT2D eigenvalue weighted by Gasteiger charge is 2.52. The second-order valence-corrected chi connectivity index (χ2v) is 15.1. The van der Waals surface area contributed by atoms with Crippen LogP contribution in [0.4, 0.5) is 4.79 Å². The van der Waals surface area contributed by atoms with E-state index in [0.717, 1.165) is 77.3 Å². The van der Waals surface area contributed by atoms with Crippen molar-refractivity contribution in [2.24, 2.45) is 17.8 Å². The molecule has 3 aliphatic rings. The Labute approximate surface area is 325 Å². The highest BCUT2D eigenvalue weighted by atomic mass is 16.5. The number of hydrogen-bond donors (Lipinski definition) is 4. The van der Waals surface area contributed by atoms with E-state index in [2.05, 4.69) is 54.8 Å². The molecule has 4 N–H and O–H groups in total. The average molecular weight is 758 g/mol. The van der Waals surface area contributed by atoms with Crippen molar-refractivity contribution in [3.8, 4) is 33.8 Å². The van der Waals surface area contributed by atoms with E-state index >= 15 is 0 Å². The van der Waals surface area contributed by atoms with Gasteiger partial charge >= 0.3 is 6.09 Å². The number of rotatable bonds is 12. The monoisotopic (exact) mass is 757 g/mol. The van der Waals surface area contributed by atoms with Gasteiger partial charge in [0, 0.05) is 55.8 Å². The number of likely N-dealkylation sites (tertiary alicyclic amines) is 1. The van der Waals surface area contributed by atoms with Crippen LogP contribution in [0.25, 0.3) is 33.8 Å². The maximum absolute atomic E-state index is 13.6. The third-order valence-corrected chi connectivity index (χ3v) is 11.9. The van der Waals surface area contributed by atoms with Crippen LogP contribution in [0.5, 0.6) is 0 Å². The molecule has 2 aliphatic carbocycles. The Kier molecular flexibility index (Phi) is 10.6. The summed E-state index contributed by atoms with van der Waals surface area (Å²) < 4.78 is 10.1. The van der Waals surface area contributed by atoms with Crippen LogP contribution in [0, 0.1) is 17.8 Å². The van der Waals surface area contributed by atoms with Crippen molar-refractivity contribution in [2.45, 2.75) is 69.7 Å². The Morgan fingerprint density at radius 1 is 0.857 bits per heavy atom. The summed E-state index contributed by atoms with van der Waals surface area (Å²) in [4.78, 5) is 66.2. The van der Waals surface area contributed by atoms with Crippen molar-refractivity contribution >= 4 is 17.9 Å². The van der Waals surface area contributed by atoms with Crippen LogP contribution >= 0.6 is 0 Å². The van der Waals surface area contributed by atoms with Crippen molar-refractivity contribution in [3.05, 3.63) is 96.7 Å². The third-order valence-electron chi connectivity index (χ3n) is 11.9. The Bertz CT molecular complexity index is 2150. The lowest BCUT2D eigenvalue weighted by molar-refractivity contribution is -0.137. The number of benzene rings is 1. The molecule has 3 amide bonds. The summed E-state index contributed by atoms with van der Waals surface area (Å²) in [7, 11) is 2.76. The molecule has 2 saturated carbocycles. The fraction of sp³-hybridized carbons (Fsp3) is 0.405. The SMILES string of the molecule is COC(=O)N[C@H](C(=O)N1CCCC1c1ncc(-c2ccc(-c3ccc(-c4cnc([C@@H]5C6CCC(C6)[C@H]5C(=O)NCc5cccnc5)[nH]4)cc3)nc2)[nH]1)[C@@H](C)OC. The number of carbonyl (C=O) groups excluding carboxylic acids is 3. The minimum atomic E-state index is -0.895. The predicted molar refractivity (Wildman–Crippen MR) is 207 cm³/mol. The molecule has 56 heavy (non-hydrogen) atoms. The summed E-state index contributed by atoms with van der Waals surface area (Å²) in [5, 5.41) is 5.79. The molecule has 1 aliphatic heterocycles. The van der Waals surface area contributed by atoms with Crippen molar-refractivity contribution in [1.82, 2.24) is 45.4 Å². The molecule has 8 rings (SSSR count). The number of fused-ring (bicyclic) bond motifs is 2. The zero-order valence-corrected chi connectivity index (χ0v) is 31.8. The van der Waals surface area contributed by atoms with E-state index in [9.17, 15) is 14.4 Å². The lowest BCUT2D eigenvalue weighted by atomic mass is 9.78. The van der Waals surface area contributed by atoms with Crippen LogP contribution in [-0.2, 0) is 25.6 Å². The van der Waals surface area contributed by atoms with Crippen LogP contribution < -0.4 is 10.6 Å². The number of hydrogen-bond acceptors (Lipinski definition) is 9. The second-order valence-electron chi connectivity index (χ2n) is 15.1. The number of nitrogens with zero attached hydrogens (tertiary/aromatic N) is 5. The van der Waals surface area contributed by atoms with E-state index in [-0.39, 0.29) is 29.7 Å². The maximum Gasteiger partial charge on any atom is 0.407 e. The summed E-state index contributed by atoms with van der Waals surface area (Å²) in [6, 6.07) is 14.9. The molecule has 14 heteroatoms. The van der Waals surface area contributed by atoms with Gasteiger partial charge in [-0.15, -0.1) is 0 Å². The van der Waals surface area contributed by atoms with Gasteiger partial charge in [0.15, 0.2) is 0 Å². The molecule has 14 nitrogen and oxygen atoms in total. The number of H-pyrrole nitrogens is 2. The van der Waals surface area contributed by atoms with E-state index in [1.54, 1.807) is 30.4 Å². The number of carbonyl (C=O) groups is 3. The van der Waals surface area contributed by atoms with Crippen LogP contribution in [0.15, 0.2) is 79.5 Å². The number of aromatic amines is 2. The first-order valence-corrected chi connectivity index (χ1v) is 19.3. The topological polar surface area (TPSA) is 180 Å². The first kappa shape index (κ1) is 37.1. The minimum Gasteiger partial charge on any atom is -0.453 e. The fourth-order valence-electron chi connectivity index (χ4n) is 8.92. The molecule has 0 radical (unpaired) electrons. The third kappa shape index (κ3) is 7.40. The maximum atomic E-state index is 13.6. The molecular weight excluding hydrogens is 711 g/mol. The lowest BCUT2D eigenvalue weighted by Gasteiger charge is -2.30. The fourth-order valence-corrected chi connectivity index (χ4v) is 8.92. The largest absolute Gasteiger partial charge is 0.453 e. The molecule has 5 aromatic rings. The lowest BCUT2D eigenvalue weighted by Crippen LogP contribution is -2.54. The number of aromatic nitrogens is 6. The van der Waals surface area contributed by atoms with Crippen molar-refractivity contribution in [2.75, 3.05) is 20.8 Å². The van der Waals surface area contributed by atoms with Gasteiger partial charge in [0.05, 0.1) is 54.6 Å². The van der Waals surface area contributed by atoms with E-state index in [1.165, 1.54) is 14.2 Å². The van der Waals surface area contributed by atoms with Crippen LogP contribution in [0.1, 0.15) is 68.2 Å². The first-order chi connectivity index (χ1) is 27.3. The molecule has 5 heterocycles. The molecule has 2 bridgehead atoms. The van der Waals surface area contributed by atoms with E-state index < -0.39 is 18.2 Å². The first-order valence-electron chi connectivity index (χ1n) is 19.3. The van der Waals surface area contributed by atoms with Gasteiger partial charge in [0.25, 0.3) is 0 Å². The quantitative estimate of drug-likeness (QED) is 0.123. The summed E-state index contributed by atoms with van der Waals surface area (Å²) in [6.07, 6.45) is 12.6. The number of nitrogens with one attached hydrogen (secondary N) is 4. The zero-order valence-electron chi connectivity index (χ0n) is 31.8. The molecule has 1 saturated heterocycles. The van der Waals surface area contributed by atoms with Crippen molar-refractivity contribution in [3.63, 3.8) is 0 Å². The van der Waals surface area contributed by atoms with Gasteiger partial charge in [-0.25, -0.2) is 14.8 Å². The van der Waals surface area contributed by atoms with Gasteiger partial charge in [0.1, 0.15) is 17.7 Å². The van der Waals surface area contributed by atoms with Crippen molar-refractivity contribution in [1.29, 1.82) is 0 Å². The highest BCUT2D eigenvalue weighted by Crippen LogP contribution is 2.56. The molecule has 290 valence electrons. The number of imidazole rings is 2. The molecule has 1 aromatic carbocycles. The molecule has 3 unspecified atom stereocenters. The number of alkyl carbamates (subject to hydrolysis) is 1. The summed E-state index contributed by atoms with van der Waals surface area (Å²) in [5.74, 6) is 2.26. The van der Waals surface area contributed by atoms with Crippen LogP contribution in [-0.4, -0.2) is 85.6 Å². The number of pyridine rings is 2. The van der Waals surface area contributed by atoms with Gasteiger partial charge < -0.3 is 35.0 Å². The Balaban J connectivity index is 0.918. The number of amides is 3. The van der Waals surface area contributed by atoms with E-state index in [0.29, 0.717) is 30.7 Å². The van der Waals surface area contributed by atoms with E-state index in [4.69, 9.17) is 19.4 Å². The van der Waals surface area contributed by atoms with Gasteiger partial charge in [0.2, 0.25) is 11.8 Å². The summed E-state index contributed by atoms with van der Waals surface area (Å²) >= 11 is 0.